The molecule has 0 saturated heterocycles. The van der Waals surface area contributed by atoms with Gasteiger partial charge in [-0.05, 0) is 148 Å². The zero-order chi connectivity index (χ0) is 82.3. The first-order valence-electron chi connectivity index (χ1n) is 43.5. The number of hydrogen-bond acceptors (Lipinski definition) is 18. The molecule has 0 spiro atoms. The van der Waals surface area contributed by atoms with Crippen molar-refractivity contribution in [3.8, 4) is 0 Å². The number of hydrogen-bond donors (Lipinski definition) is 0. The van der Waals surface area contributed by atoms with Crippen LogP contribution in [-0.2, 0) is 85.6 Å². The molecule has 0 N–H and O–H groups in total. The molecule has 0 unspecified atom stereocenters. The molecule has 0 aromatic carbocycles. The highest BCUT2D eigenvalue weighted by Gasteiger charge is 2.07. The molecule has 0 aromatic rings. The highest BCUT2D eigenvalue weighted by atomic mass is 16.6. The van der Waals surface area contributed by atoms with Crippen molar-refractivity contribution in [1.29, 1.82) is 0 Å². The Kier molecular flexibility index (Phi) is 119. The molecule has 0 radical (unpaired) electrons. The molecule has 0 amide bonds. The summed E-state index contributed by atoms with van der Waals surface area (Å²) in [6.45, 7) is 21.3. The fourth-order valence-electron chi connectivity index (χ4n) is 10.3. The third kappa shape index (κ3) is 124. The fraction of sp³-hybridized carbons (Fsp3) is 0.804. The first-order chi connectivity index (χ1) is 53.8. The molecule has 18 nitrogen and oxygen atoms in total. The maximum absolute atomic E-state index is 11.3. The van der Waals surface area contributed by atoms with Gasteiger partial charge in [-0.15, -0.1) is 13.2 Å². The minimum Gasteiger partial charge on any atom is -0.463 e. The number of unbranched alkanes of at least 4 members (excludes halogenated alkanes) is 36. The maximum Gasteiger partial charge on any atom is 0.305 e. The van der Waals surface area contributed by atoms with Crippen LogP contribution in [0.5, 0.6) is 0 Å². The summed E-state index contributed by atoms with van der Waals surface area (Å²) in [5.41, 5.74) is 0. The van der Waals surface area contributed by atoms with Gasteiger partial charge >= 0.3 is 35.8 Å². The second-order valence-electron chi connectivity index (χ2n) is 27.4. The van der Waals surface area contributed by atoms with Gasteiger partial charge in [0.25, 0.3) is 0 Å². The Balaban J connectivity index is -0.000000296. The van der Waals surface area contributed by atoms with Crippen LogP contribution in [0.15, 0.2) is 73.9 Å². The Morgan fingerprint density at radius 2 is 0.364 bits per heavy atom. The Morgan fingerprint density at radius 1 is 0.200 bits per heavy atom. The van der Waals surface area contributed by atoms with Gasteiger partial charge in [-0.3, -0.25) is 28.8 Å². The van der Waals surface area contributed by atoms with Crippen molar-refractivity contribution >= 4 is 35.8 Å². The van der Waals surface area contributed by atoms with E-state index in [2.05, 4.69) is 89.5 Å². The third-order valence-electron chi connectivity index (χ3n) is 17.0. The molecule has 0 bridgehead atoms. The number of ether oxygens (including phenoxy) is 12. The van der Waals surface area contributed by atoms with Gasteiger partial charge in [-0.2, -0.15) is 0 Å². The van der Waals surface area contributed by atoms with Crippen molar-refractivity contribution < 1.29 is 85.6 Å². The fourth-order valence-corrected chi connectivity index (χ4v) is 10.3. The van der Waals surface area contributed by atoms with E-state index in [0.717, 1.165) is 103 Å². The van der Waals surface area contributed by atoms with Gasteiger partial charge in [-0.1, -0.05) is 236 Å². The lowest BCUT2D eigenvalue weighted by atomic mass is 10.1. The number of esters is 6. The number of carbonyl (C=O) groups is 6. The molecule has 110 heavy (non-hydrogen) atoms. The lowest BCUT2D eigenvalue weighted by molar-refractivity contribution is -0.145. The second-order valence-corrected chi connectivity index (χ2v) is 27.4. The molecular weight excluding hydrogens is 1390 g/mol. The van der Waals surface area contributed by atoms with Crippen LogP contribution in [0, 0.1) is 0 Å². The molecule has 0 fully saturated rings. The highest BCUT2D eigenvalue weighted by Crippen LogP contribution is 2.15. The van der Waals surface area contributed by atoms with Gasteiger partial charge in [0.15, 0.2) is 0 Å². The first-order valence-corrected chi connectivity index (χ1v) is 43.5. The van der Waals surface area contributed by atoms with Crippen LogP contribution in [-0.4, -0.2) is 158 Å². The van der Waals surface area contributed by atoms with E-state index in [1.807, 2.05) is 12.2 Å². The van der Waals surface area contributed by atoms with Gasteiger partial charge < -0.3 is 56.8 Å². The highest BCUT2D eigenvalue weighted by molar-refractivity contribution is 5.71. The van der Waals surface area contributed by atoms with Gasteiger partial charge in [0.2, 0.25) is 0 Å². The summed E-state index contributed by atoms with van der Waals surface area (Å²) in [7, 11) is 9.60. The monoisotopic (exact) mass is 1570 g/mol. The number of carbonyl (C=O) groups excluding carboxylic acids is 6. The topological polar surface area (TPSA) is 213 Å². The molecule has 0 aliphatic rings. The van der Waals surface area contributed by atoms with Crippen LogP contribution in [0.1, 0.15) is 362 Å². The van der Waals surface area contributed by atoms with E-state index < -0.39 is 0 Å². The minimum atomic E-state index is -0.108. The van der Waals surface area contributed by atoms with E-state index in [-0.39, 0.29) is 35.8 Å². The maximum atomic E-state index is 11.3. The normalized spacial score (nSPS) is 10.8. The minimum absolute atomic E-state index is 0.0944. The summed E-state index contributed by atoms with van der Waals surface area (Å²) in [5, 5.41) is 0. The summed E-state index contributed by atoms with van der Waals surface area (Å²) < 4.78 is 58.7. The molecule has 0 aliphatic heterocycles. The van der Waals surface area contributed by atoms with Gasteiger partial charge in [0.1, 0.15) is 39.6 Å². The van der Waals surface area contributed by atoms with Gasteiger partial charge in [0, 0.05) is 81.2 Å². The summed E-state index contributed by atoms with van der Waals surface area (Å²) in [4.78, 5) is 67.4. The van der Waals surface area contributed by atoms with Crippen molar-refractivity contribution in [2.75, 3.05) is 122 Å². The van der Waals surface area contributed by atoms with Crippen molar-refractivity contribution in [3.05, 3.63) is 73.9 Å². The lowest BCUT2D eigenvalue weighted by Crippen LogP contribution is -2.09. The van der Waals surface area contributed by atoms with Crippen molar-refractivity contribution in [1.82, 2.24) is 0 Å². The van der Waals surface area contributed by atoms with E-state index in [9.17, 15) is 28.8 Å². The van der Waals surface area contributed by atoms with Gasteiger partial charge in [0.05, 0.1) is 39.6 Å². The molecule has 0 atom stereocenters. The van der Waals surface area contributed by atoms with Crippen molar-refractivity contribution in [3.63, 3.8) is 0 Å². The quantitative estimate of drug-likeness (QED) is 0.0240. The Bertz CT molecular complexity index is 1900. The summed E-state index contributed by atoms with van der Waals surface area (Å²) in [6.07, 6.45) is 79.6. The summed E-state index contributed by atoms with van der Waals surface area (Å²) >= 11 is 0. The largest absolute Gasteiger partial charge is 0.463 e. The smallest absolute Gasteiger partial charge is 0.305 e. The summed E-state index contributed by atoms with van der Waals surface area (Å²) in [5.74, 6) is -0.605. The molecule has 648 valence electrons. The van der Waals surface area contributed by atoms with Crippen LogP contribution in [0.25, 0.3) is 0 Å². The lowest BCUT2D eigenvalue weighted by Gasteiger charge is -2.03. The SMILES string of the molecule is C=CCCCCCCCC(=O)OCCOC.C=CCCCCCCCC(=O)OCCOC.CC/C=C/CCCCCCCC(=O)OCCOC.CC/C=C/CCCCCCCC(=O)OCCOC.CCCC/C=C/CCCCCCCC(=O)OCCOC.CCCCCC/C=C/CCCCCCCC(=O)OCCOC. The third-order valence-corrected chi connectivity index (χ3v) is 17.0. The first kappa shape index (κ1) is 116. The molecule has 0 heterocycles. The van der Waals surface area contributed by atoms with E-state index >= 15 is 0 Å². The van der Waals surface area contributed by atoms with E-state index in [1.165, 1.54) is 193 Å². The number of rotatable bonds is 76. The molecule has 0 aliphatic carbocycles. The molecule has 0 rings (SSSR count). The van der Waals surface area contributed by atoms with Crippen LogP contribution < -0.4 is 0 Å². The van der Waals surface area contributed by atoms with Crippen LogP contribution in [0.3, 0.4) is 0 Å². The zero-order valence-corrected chi connectivity index (χ0v) is 72.8. The number of allylic oxidation sites excluding steroid dienone is 10. The standard InChI is InChI=1S/C19H36O3.C17H32O3.2C15H28O3.2C13H24O3/c1-3-4-5-6-7-8-9-10-11-12-13-14-15-16-19(20)22-18-17-21-2;1-3-4-5-6-7-8-9-10-11-12-13-14-17(18)20-16-15-19-2;2*1-3-4-5-6-7-8-9-10-11-12-15(16)18-14-13-17-2;2*1-3-4-5-6-7-8-9-10-13(14)16-12-11-15-2/h8-9H,3-7,10-18H2,1-2H3;6-7H,3-5,8-16H2,1-2H3;2*4-5H,3,6-14H2,1-2H3;2*3H,1,4-12H2,2H3/b9-8+;7-6+;2*5-4+;;. The van der Waals surface area contributed by atoms with Gasteiger partial charge in [-0.25, -0.2) is 0 Å². The van der Waals surface area contributed by atoms with Crippen molar-refractivity contribution in [2.45, 2.75) is 362 Å². The predicted molar refractivity (Wildman–Crippen MR) is 457 cm³/mol. The van der Waals surface area contributed by atoms with Crippen LogP contribution in [0.2, 0.25) is 0 Å². The second kappa shape index (κ2) is 113. The molecular formula is C92H172O18. The Hall–Kier alpha value is -4.98. The van der Waals surface area contributed by atoms with Crippen molar-refractivity contribution in [2.24, 2.45) is 0 Å². The molecule has 0 aromatic heterocycles. The average Bonchev–Trinajstić information content (AvgIpc) is 1.52. The molecule has 0 saturated carbocycles. The number of methoxy groups -OCH3 is 6. The predicted octanol–water partition coefficient (Wildman–Crippen LogP) is 24.0. The summed E-state index contributed by atoms with van der Waals surface area (Å²) in [6, 6.07) is 0. The average molecular weight is 1570 g/mol. The zero-order valence-electron chi connectivity index (χ0n) is 72.8. The Labute approximate surface area is 675 Å². The van der Waals surface area contributed by atoms with E-state index in [4.69, 9.17) is 56.8 Å². The molecule has 18 heteroatoms. The Morgan fingerprint density at radius 3 is 0.545 bits per heavy atom. The van der Waals surface area contributed by atoms with Crippen LogP contribution >= 0.6 is 0 Å². The van der Waals surface area contributed by atoms with Crippen LogP contribution in [0.4, 0.5) is 0 Å². The van der Waals surface area contributed by atoms with E-state index in [1.54, 1.807) is 42.7 Å². The van der Waals surface area contributed by atoms with E-state index in [0.29, 0.717) is 118 Å².